The molecule has 1 heterocycles. The molecule has 0 saturated carbocycles. The Morgan fingerprint density at radius 2 is 2.00 bits per heavy atom. The van der Waals surface area contributed by atoms with Gasteiger partial charge in [-0.05, 0) is 25.0 Å². The molecule has 1 N–H and O–H groups in total. The highest BCUT2D eigenvalue weighted by Gasteiger charge is 2.15. The van der Waals surface area contributed by atoms with Crippen LogP contribution >= 0.6 is 0 Å². The van der Waals surface area contributed by atoms with E-state index in [1.54, 1.807) is 0 Å². The van der Waals surface area contributed by atoms with Gasteiger partial charge in [0.05, 0.1) is 17.7 Å². The van der Waals surface area contributed by atoms with E-state index in [4.69, 9.17) is 0 Å². The van der Waals surface area contributed by atoms with E-state index in [2.05, 4.69) is 0 Å². The number of nitrogens with one attached hydrogen (secondary N) is 1. The standard InChI is InChI=1S/C13H13N3O4/c1-8-3-4-9(2)10(5-8)6-15-7-11(16(19)20)12(17)14-13(15)18/h3-5,7H,6H2,1-2H3,(H,14,17,18). The Labute approximate surface area is 113 Å². The molecular weight excluding hydrogens is 262 g/mol. The fourth-order valence-corrected chi connectivity index (χ4v) is 1.90. The van der Waals surface area contributed by atoms with Gasteiger partial charge < -0.3 is 0 Å². The lowest BCUT2D eigenvalue weighted by atomic mass is 10.1. The number of nitro groups is 1. The van der Waals surface area contributed by atoms with Crippen molar-refractivity contribution in [2.24, 2.45) is 0 Å². The van der Waals surface area contributed by atoms with E-state index in [0.717, 1.165) is 27.5 Å². The molecule has 0 radical (unpaired) electrons. The van der Waals surface area contributed by atoms with Gasteiger partial charge in [-0.3, -0.25) is 24.5 Å². The summed E-state index contributed by atoms with van der Waals surface area (Å²) in [4.78, 5) is 34.9. The molecule has 7 nitrogen and oxygen atoms in total. The number of hydrogen-bond acceptors (Lipinski definition) is 4. The Morgan fingerprint density at radius 3 is 2.65 bits per heavy atom. The van der Waals surface area contributed by atoms with Crippen LogP contribution < -0.4 is 11.2 Å². The van der Waals surface area contributed by atoms with Crippen LogP contribution in [-0.4, -0.2) is 14.5 Å². The summed E-state index contributed by atoms with van der Waals surface area (Å²) in [5, 5.41) is 10.7. The average molecular weight is 275 g/mol. The minimum atomic E-state index is -0.989. The first kappa shape index (κ1) is 13.7. The fraction of sp³-hybridized carbons (Fsp3) is 0.231. The van der Waals surface area contributed by atoms with Crippen molar-refractivity contribution in [1.82, 2.24) is 9.55 Å². The predicted molar refractivity (Wildman–Crippen MR) is 73.0 cm³/mol. The van der Waals surface area contributed by atoms with Gasteiger partial charge in [0.1, 0.15) is 0 Å². The lowest BCUT2D eigenvalue weighted by Gasteiger charge is -2.09. The first-order chi connectivity index (χ1) is 9.38. The van der Waals surface area contributed by atoms with Gasteiger partial charge in [-0.1, -0.05) is 23.8 Å². The molecule has 0 atom stereocenters. The summed E-state index contributed by atoms with van der Waals surface area (Å²) in [6, 6.07) is 5.76. The second kappa shape index (κ2) is 5.12. The van der Waals surface area contributed by atoms with Gasteiger partial charge in [-0.25, -0.2) is 4.79 Å². The van der Waals surface area contributed by atoms with E-state index in [9.17, 15) is 19.7 Å². The first-order valence-electron chi connectivity index (χ1n) is 5.93. The summed E-state index contributed by atoms with van der Waals surface area (Å²) in [7, 11) is 0. The predicted octanol–water partition coefficient (Wildman–Crippen LogP) is 1.11. The summed E-state index contributed by atoms with van der Waals surface area (Å²) in [6.45, 7) is 3.98. The van der Waals surface area contributed by atoms with Gasteiger partial charge >= 0.3 is 16.9 Å². The molecule has 2 rings (SSSR count). The number of benzene rings is 1. The summed E-state index contributed by atoms with van der Waals surface area (Å²) >= 11 is 0. The lowest BCUT2D eigenvalue weighted by Crippen LogP contribution is -2.31. The van der Waals surface area contributed by atoms with Gasteiger partial charge in [0, 0.05) is 0 Å². The highest BCUT2D eigenvalue weighted by Crippen LogP contribution is 2.12. The number of nitrogens with zero attached hydrogens (tertiary/aromatic N) is 2. The Bertz CT molecular complexity index is 789. The van der Waals surface area contributed by atoms with Crippen LogP contribution in [0.25, 0.3) is 0 Å². The Morgan fingerprint density at radius 1 is 1.30 bits per heavy atom. The number of hydrogen-bond donors (Lipinski definition) is 1. The van der Waals surface area contributed by atoms with Crippen LogP contribution in [-0.2, 0) is 6.54 Å². The average Bonchev–Trinajstić information content (AvgIpc) is 2.36. The summed E-state index contributed by atoms with van der Waals surface area (Å²) in [6.07, 6.45) is 0.975. The van der Waals surface area contributed by atoms with Gasteiger partial charge in [0.25, 0.3) is 0 Å². The molecule has 0 saturated heterocycles. The molecule has 0 aliphatic carbocycles. The number of H-pyrrole nitrogens is 1. The molecule has 0 unspecified atom stereocenters. The highest BCUT2D eigenvalue weighted by molar-refractivity contribution is 5.31. The van der Waals surface area contributed by atoms with Crippen molar-refractivity contribution >= 4 is 5.69 Å². The molecule has 1 aromatic heterocycles. The Hall–Kier alpha value is -2.70. The molecule has 20 heavy (non-hydrogen) atoms. The fourth-order valence-electron chi connectivity index (χ4n) is 1.90. The van der Waals surface area contributed by atoms with Crippen molar-refractivity contribution in [2.75, 3.05) is 0 Å². The van der Waals surface area contributed by atoms with Crippen LogP contribution in [0.5, 0.6) is 0 Å². The zero-order valence-corrected chi connectivity index (χ0v) is 11.0. The Balaban J connectivity index is 2.51. The Kier molecular flexibility index (Phi) is 3.51. The molecule has 2 aromatic rings. The summed E-state index contributed by atoms with van der Waals surface area (Å²) < 4.78 is 1.13. The van der Waals surface area contributed by atoms with E-state index < -0.39 is 21.9 Å². The van der Waals surface area contributed by atoms with Gasteiger partial charge in [-0.15, -0.1) is 0 Å². The van der Waals surface area contributed by atoms with E-state index in [1.165, 1.54) is 0 Å². The van der Waals surface area contributed by atoms with Gasteiger partial charge in [0.2, 0.25) is 0 Å². The van der Waals surface area contributed by atoms with E-state index in [0.29, 0.717) is 0 Å². The maximum atomic E-state index is 11.7. The quantitative estimate of drug-likeness (QED) is 0.670. The molecule has 0 aliphatic heterocycles. The smallest absolute Gasteiger partial charge is 0.289 e. The minimum absolute atomic E-state index is 0.171. The normalized spacial score (nSPS) is 10.5. The molecule has 7 heteroatoms. The molecule has 0 amide bonds. The monoisotopic (exact) mass is 275 g/mol. The van der Waals surface area contributed by atoms with Gasteiger partial charge in [-0.2, -0.15) is 0 Å². The molecule has 1 aromatic carbocycles. The van der Waals surface area contributed by atoms with Gasteiger partial charge in [0.15, 0.2) is 0 Å². The maximum absolute atomic E-state index is 11.7. The molecule has 0 spiro atoms. The van der Waals surface area contributed by atoms with Crippen LogP contribution in [0.15, 0.2) is 34.0 Å². The largest absolute Gasteiger partial charge is 0.350 e. The van der Waals surface area contributed by atoms with E-state index in [1.807, 2.05) is 37.0 Å². The maximum Gasteiger partial charge on any atom is 0.350 e. The van der Waals surface area contributed by atoms with Crippen molar-refractivity contribution in [3.63, 3.8) is 0 Å². The number of aromatic nitrogens is 2. The van der Waals surface area contributed by atoms with Crippen molar-refractivity contribution in [1.29, 1.82) is 0 Å². The zero-order chi connectivity index (χ0) is 14.9. The van der Waals surface area contributed by atoms with Crippen LogP contribution in [0.3, 0.4) is 0 Å². The zero-order valence-electron chi connectivity index (χ0n) is 11.0. The summed E-state index contributed by atoms with van der Waals surface area (Å²) in [5.74, 6) is 0. The number of aryl methyl sites for hydroxylation is 2. The molecular formula is C13H13N3O4. The first-order valence-corrected chi connectivity index (χ1v) is 5.93. The summed E-state index contributed by atoms with van der Waals surface area (Å²) in [5.41, 5.74) is 0.566. The third-order valence-electron chi connectivity index (χ3n) is 3.03. The number of rotatable bonds is 3. The van der Waals surface area contributed by atoms with Crippen LogP contribution in [0.1, 0.15) is 16.7 Å². The van der Waals surface area contributed by atoms with Crippen LogP contribution in [0, 0.1) is 24.0 Å². The lowest BCUT2D eigenvalue weighted by molar-refractivity contribution is -0.386. The molecule has 104 valence electrons. The SMILES string of the molecule is Cc1ccc(C)c(Cn2cc([N+](=O)[O-])c(=O)[nH]c2=O)c1. The second-order valence-corrected chi connectivity index (χ2v) is 4.59. The molecule has 0 bridgehead atoms. The molecule has 0 fully saturated rings. The topological polar surface area (TPSA) is 98.0 Å². The molecule has 0 aliphatic rings. The second-order valence-electron chi connectivity index (χ2n) is 4.59. The third kappa shape index (κ3) is 2.66. The van der Waals surface area contributed by atoms with Crippen molar-refractivity contribution in [3.05, 3.63) is 72.0 Å². The van der Waals surface area contributed by atoms with Crippen molar-refractivity contribution in [3.8, 4) is 0 Å². The van der Waals surface area contributed by atoms with Crippen LogP contribution in [0.4, 0.5) is 5.69 Å². The van der Waals surface area contributed by atoms with E-state index >= 15 is 0 Å². The van der Waals surface area contributed by atoms with Crippen molar-refractivity contribution < 1.29 is 4.92 Å². The highest BCUT2D eigenvalue weighted by atomic mass is 16.6. The minimum Gasteiger partial charge on any atom is -0.289 e. The van der Waals surface area contributed by atoms with Crippen LogP contribution in [0.2, 0.25) is 0 Å². The number of aromatic amines is 1. The third-order valence-corrected chi connectivity index (χ3v) is 3.03. The van der Waals surface area contributed by atoms with Crippen molar-refractivity contribution in [2.45, 2.75) is 20.4 Å². The van der Waals surface area contributed by atoms with E-state index in [-0.39, 0.29) is 6.54 Å².